The highest BCUT2D eigenvalue weighted by molar-refractivity contribution is 7.88. The summed E-state index contributed by atoms with van der Waals surface area (Å²) >= 11 is 0. The Morgan fingerprint density at radius 1 is 1.00 bits per heavy atom. The highest BCUT2D eigenvalue weighted by Gasteiger charge is 2.11. The van der Waals surface area contributed by atoms with Crippen LogP contribution in [0.3, 0.4) is 0 Å². The van der Waals surface area contributed by atoms with Gasteiger partial charge in [0.2, 0.25) is 10.0 Å². The number of sulfonamides is 1. The van der Waals surface area contributed by atoms with Gasteiger partial charge in [-0.05, 0) is 24.6 Å². The average molecular weight is 332 g/mol. The predicted molar refractivity (Wildman–Crippen MR) is 90.6 cm³/mol. The van der Waals surface area contributed by atoms with Gasteiger partial charge in [0.25, 0.3) is 5.91 Å². The number of benzene rings is 2. The molecular formula is C17H20N2O3S. The Hall–Kier alpha value is -2.18. The van der Waals surface area contributed by atoms with Crippen molar-refractivity contribution in [3.8, 4) is 0 Å². The summed E-state index contributed by atoms with van der Waals surface area (Å²) in [6, 6.07) is 16.2. The van der Waals surface area contributed by atoms with Crippen molar-refractivity contribution < 1.29 is 13.2 Å². The highest BCUT2D eigenvalue weighted by Crippen LogP contribution is 2.07. The van der Waals surface area contributed by atoms with E-state index in [9.17, 15) is 13.2 Å². The molecule has 5 nitrogen and oxygen atoms in total. The number of hydrogen-bond acceptors (Lipinski definition) is 3. The smallest absolute Gasteiger partial charge is 0.251 e. The summed E-state index contributed by atoms with van der Waals surface area (Å²) in [5, 5.41) is 2.68. The van der Waals surface area contributed by atoms with Gasteiger partial charge >= 0.3 is 0 Å². The first-order chi connectivity index (χ1) is 11.0. The first kappa shape index (κ1) is 17.2. The van der Waals surface area contributed by atoms with Gasteiger partial charge in [0.05, 0.1) is 5.75 Å². The fourth-order valence-corrected chi connectivity index (χ4v) is 3.28. The lowest BCUT2D eigenvalue weighted by molar-refractivity contribution is 0.0954. The van der Waals surface area contributed by atoms with E-state index in [2.05, 4.69) is 10.0 Å². The Morgan fingerprint density at radius 2 is 1.74 bits per heavy atom. The van der Waals surface area contributed by atoms with Crippen molar-refractivity contribution in [1.82, 2.24) is 10.0 Å². The molecule has 0 aliphatic rings. The van der Waals surface area contributed by atoms with Crippen molar-refractivity contribution >= 4 is 15.9 Å². The molecule has 0 bridgehead atoms. The van der Waals surface area contributed by atoms with Gasteiger partial charge in [-0.15, -0.1) is 0 Å². The van der Waals surface area contributed by atoms with E-state index < -0.39 is 10.0 Å². The molecule has 2 rings (SSSR count). The number of carbonyl (C=O) groups is 1. The van der Waals surface area contributed by atoms with Crippen LogP contribution in [-0.2, 0) is 15.8 Å². The van der Waals surface area contributed by atoms with Crippen molar-refractivity contribution in [3.05, 3.63) is 71.3 Å². The summed E-state index contributed by atoms with van der Waals surface area (Å²) in [4.78, 5) is 11.8. The molecular weight excluding hydrogens is 312 g/mol. The van der Waals surface area contributed by atoms with Gasteiger partial charge in [-0.3, -0.25) is 4.79 Å². The monoisotopic (exact) mass is 332 g/mol. The van der Waals surface area contributed by atoms with Gasteiger partial charge in [-0.25, -0.2) is 13.1 Å². The summed E-state index contributed by atoms with van der Waals surface area (Å²) in [7, 11) is -3.42. The van der Waals surface area contributed by atoms with Crippen LogP contribution in [0.1, 0.15) is 21.5 Å². The van der Waals surface area contributed by atoms with Crippen molar-refractivity contribution in [2.75, 3.05) is 13.1 Å². The minimum atomic E-state index is -3.42. The molecule has 0 saturated heterocycles. The average Bonchev–Trinajstić information content (AvgIpc) is 2.52. The van der Waals surface area contributed by atoms with Crippen LogP contribution in [0.15, 0.2) is 54.6 Å². The molecule has 122 valence electrons. The van der Waals surface area contributed by atoms with Crippen LogP contribution >= 0.6 is 0 Å². The Balaban J connectivity index is 1.78. The van der Waals surface area contributed by atoms with Crippen LogP contribution in [0.2, 0.25) is 0 Å². The van der Waals surface area contributed by atoms with E-state index in [4.69, 9.17) is 0 Å². The third-order valence-corrected chi connectivity index (χ3v) is 4.57. The van der Waals surface area contributed by atoms with E-state index in [1.807, 2.05) is 31.2 Å². The van der Waals surface area contributed by atoms with Crippen molar-refractivity contribution in [1.29, 1.82) is 0 Å². The second kappa shape index (κ2) is 7.89. The van der Waals surface area contributed by atoms with E-state index in [-0.39, 0.29) is 24.7 Å². The predicted octanol–water partition coefficient (Wildman–Crippen LogP) is 1.84. The number of nitrogens with one attached hydrogen (secondary N) is 2. The molecule has 2 aromatic rings. The molecule has 0 aliphatic carbocycles. The maximum absolute atomic E-state index is 12.0. The first-order valence-corrected chi connectivity index (χ1v) is 8.98. The van der Waals surface area contributed by atoms with Crippen LogP contribution in [0, 0.1) is 6.92 Å². The lowest BCUT2D eigenvalue weighted by Gasteiger charge is -2.08. The summed E-state index contributed by atoms with van der Waals surface area (Å²) < 4.78 is 26.5. The van der Waals surface area contributed by atoms with E-state index in [1.165, 1.54) is 0 Å². The van der Waals surface area contributed by atoms with E-state index >= 15 is 0 Å². The fourth-order valence-electron chi connectivity index (χ4n) is 2.15. The molecule has 0 saturated carbocycles. The number of amides is 1. The molecule has 6 heteroatoms. The molecule has 0 aliphatic heterocycles. The SMILES string of the molecule is Cc1cccc(CS(=O)(=O)NCCNC(=O)c2ccccc2)c1. The zero-order chi connectivity index (χ0) is 16.7. The lowest BCUT2D eigenvalue weighted by atomic mass is 10.2. The van der Waals surface area contributed by atoms with Crippen LogP contribution in [0.4, 0.5) is 0 Å². The molecule has 1 amide bonds. The van der Waals surface area contributed by atoms with Gasteiger partial charge in [0, 0.05) is 18.7 Å². The molecule has 0 spiro atoms. The van der Waals surface area contributed by atoms with E-state index in [1.54, 1.807) is 30.3 Å². The van der Waals surface area contributed by atoms with E-state index in [0.717, 1.165) is 11.1 Å². The molecule has 0 atom stereocenters. The second-order valence-corrected chi connectivity index (χ2v) is 7.07. The molecule has 0 fully saturated rings. The largest absolute Gasteiger partial charge is 0.351 e. The van der Waals surface area contributed by atoms with Gasteiger partial charge in [0.15, 0.2) is 0 Å². The van der Waals surface area contributed by atoms with E-state index in [0.29, 0.717) is 5.56 Å². The molecule has 0 radical (unpaired) electrons. The fraction of sp³-hybridized carbons (Fsp3) is 0.235. The van der Waals surface area contributed by atoms with Gasteiger partial charge in [-0.2, -0.15) is 0 Å². The Labute approximate surface area is 136 Å². The topological polar surface area (TPSA) is 75.3 Å². The van der Waals surface area contributed by atoms with Crippen LogP contribution in [-0.4, -0.2) is 27.4 Å². The molecule has 2 N–H and O–H groups in total. The molecule has 0 heterocycles. The Kier molecular flexibility index (Phi) is 5.90. The zero-order valence-corrected chi connectivity index (χ0v) is 13.8. The lowest BCUT2D eigenvalue weighted by Crippen LogP contribution is -2.35. The summed E-state index contributed by atoms with van der Waals surface area (Å²) in [6.45, 7) is 2.32. The molecule has 23 heavy (non-hydrogen) atoms. The minimum Gasteiger partial charge on any atom is -0.351 e. The third kappa shape index (κ3) is 5.84. The highest BCUT2D eigenvalue weighted by atomic mass is 32.2. The number of aryl methyl sites for hydroxylation is 1. The quantitative estimate of drug-likeness (QED) is 0.760. The molecule has 0 aromatic heterocycles. The minimum absolute atomic E-state index is 0.0681. The summed E-state index contributed by atoms with van der Waals surface area (Å²) in [5.41, 5.74) is 2.31. The number of rotatable bonds is 7. The van der Waals surface area contributed by atoms with Crippen LogP contribution in [0.5, 0.6) is 0 Å². The maximum Gasteiger partial charge on any atom is 0.251 e. The number of hydrogen-bond donors (Lipinski definition) is 2. The summed E-state index contributed by atoms with van der Waals surface area (Å²) in [5.74, 6) is -0.287. The normalized spacial score (nSPS) is 11.2. The molecule has 2 aromatic carbocycles. The summed E-state index contributed by atoms with van der Waals surface area (Å²) in [6.07, 6.45) is 0. The molecule has 0 unspecified atom stereocenters. The van der Waals surface area contributed by atoms with Crippen LogP contribution in [0.25, 0.3) is 0 Å². The Bertz CT molecular complexity index is 758. The zero-order valence-electron chi connectivity index (χ0n) is 13.0. The van der Waals surface area contributed by atoms with Crippen molar-refractivity contribution in [2.45, 2.75) is 12.7 Å². The van der Waals surface area contributed by atoms with Crippen molar-refractivity contribution in [2.24, 2.45) is 0 Å². The Morgan fingerprint density at radius 3 is 2.43 bits per heavy atom. The third-order valence-electron chi connectivity index (χ3n) is 3.21. The van der Waals surface area contributed by atoms with Gasteiger partial charge in [-0.1, -0.05) is 48.0 Å². The van der Waals surface area contributed by atoms with Crippen molar-refractivity contribution in [3.63, 3.8) is 0 Å². The first-order valence-electron chi connectivity index (χ1n) is 7.32. The second-order valence-electron chi connectivity index (χ2n) is 5.26. The maximum atomic E-state index is 12.0. The number of carbonyl (C=O) groups excluding carboxylic acids is 1. The van der Waals surface area contributed by atoms with Crippen LogP contribution < -0.4 is 10.0 Å². The van der Waals surface area contributed by atoms with Gasteiger partial charge < -0.3 is 5.32 Å². The van der Waals surface area contributed by atoms with Gasteiger partial charge in [0.1, 0.15) is 0 Å². The standard InChI is InChI=1S/C17H20N2O3S/c1-14-6-5-7-15(12-14)13-23(21,22)19-11-10-18-17(20)16-8-3-2-4-9-16/h2-9,12,19H,10-11,13H2,1H3,(H,18,20).